The Morgan fingerprint density at radius 1 is 1.18 bits per heavy atom. The van der Waals surface area contributed by atoms with E-state index in [4.69, 9.17) is 5.73 Å². The number of fused-ring (bicyclic) bond motifs is 1. The molecule has 0 bridgehead atoms. The van der Waals surface area contributed by atoms with Crippen LogP contribution in [-0.4, -0.2) is 47.4 Å². The molecule has 1 amide bonds. The Bertz CT molecular complexity index is 1320. The molecular weight excluding hydrogens is 459 g/mol. The highest BCUT2D eigenvalue weighted by molar-refractivity contribution is 7.90. The lowest BCUT2D eigenvalue weighted by atomic mass is 9.72. The summed E-state index contributed by atoms with van der Waals surface area (Å²) in [6.07, 6.45) is -4.38. The van der Waals surface area contributed by atoms with Gasteiger partial charge in [-0.2, -0.15) is 13.2 Å². The topological polar surface area (TPSA) is 126 Å². The normalized spacial score (nSPS) is 14.9. The van der Waals surface area contributed by atoms with Gasteiger partial charge in [-0.1, -0.05) is 32.0 Å². The Hall–Kier alpha value is -2.92. The molecule has 3 aromatic rings. The van der Waals surface area contributed by atoms with Gasteiger partial charge in [-0.05, 0) is 35.6 Å². The van der Waals surface area contributed by atoms with Crippen molar-refractivity contribution in [1.29, 1.82) is 0 Å². The van der Waals surface area contributed by atoms with Crippen LogP contribution in [0.25, 0.3) is 10.9 Å². The third-order valence-corrected chi connectivity index (χ3v) is 6.57. The van der Waals surface area contributed by atoms with Crippen LogP contribution < -0.4 is 5.73 Å². The van der Waals surface area contributed by atoms with Gasteiger partial charge in [-0.25, -0.2) is 13.4 Å². The number of nitrogens with zero attached hydrogens (tertiary/aromatic N) is 1. The van der Waals surface area contributed by atoms with Crippen molar-refractivity contribution in [2.45, 2.75) is 48.9 Å². The standard InChI is InChI=1S/C22H24F3N3O4S/c1-20(2,16-7-5-4-6-15(16)19(26)29)12-21(30,22(23,24)25)10-14-8-13-9-18(33(3,31)32)27-11-17(13)28-14/h4-9,11,28,30H,10,12H2,1-3H3,(H2,26,29)/t21-/m0/s1. The van der Waals surface area contributed by atoms with Crippen LogP contribution in [0, 0.1) is 0 Å². The molecule has 0 unspecified atom stereocenters. The molecule has 33 heavy (non-hydrogen) atoms. The fourth-order valence-electron chi connectivity index (χ4n) is 4.06. The largest absolute Gasteiger partial charge is 0.417 e. The summed E-state index contributed by atoms with van der Waals surface area (Å²) in [4.78, 5) is 18.4. The molecule has 2 heterocycles. The van der Waals surface area contributed by atoms with Crippen LogP contribution in [0.3, 0.4) is 0 Å². The zero-order chi connectivity index (χ0) is 24.8. The summed E-state index contributed by atoms with van der Waals surface area (Å²) in [5.74, 6) is -0.779. The summed E-state index contributed by atoms with van der Waals surface area (Å²) in [5.41, 5.74) is 1.72. The molecule has 3 rings (SSSR count). The van der Waals surface area contributed by atoms with Crippen LogP contribution in [0.2, 0.25) is 0 Å². The number of benzene rings is 1. The van der Waals surface area contributed by atoms with Crippen LogP contribution in [0.15, 0.2) is 47.6 Å². The number of primary amides is 1. The Balaban J connectivity index is 2.01. The van der Waals surface area contributed by atoms with Gasteiger partial charge in [0, 0.05) is 29.3 Å². The summed E-state index contributed by atoms with van der Waals surface area (Å²) in [6.45, 7) is 3.00. The molecule has 0 saturated heterocycles. The van der Waals surface area contributed by atoms with E-state index < -0.39 is 45.8 Å². The third kappa shape index (κ3) is 5.03. The number of aromatic amines is 1. The van der Waals surface area contributed by atoms with Gasteiger partial charge < -0.3 is 15.8 Å². The van der Waals surface area contributed by atoms with Crippen molar-refractivity contribution in [3.05, 3.63) is 59.4 Å². The lowest BCUT2D eigenvalue weighted by Crippen LogP contribution is -2.51. The minimum Gasteiger partial charge on any atom is -0.380 e. The van der Waals surface area contributed by atoms with E-state index in [2.05, 4.69) is 9.97 Å². The van der Waals surface area contributed by atoms with E-state index in [1.807, 2.05) is 0 Å². The first-order valence-corrected chi connectivity index (χ1v) is 11.8. The maximum atomic E-state index is 14.1. The predicted octanol–water partition coefficient (Wildman–Crippen LogP) is 3.27. The Morgan fingerprint density at radius 3 is 2.39 bits per heavy atom. The number of halogens is 3. The van der Waals surface area contributed by atoms with E-state index in [9.17, 15) is 31.5 Å². The van der Waals surface area contributed by atoms with Crippen molar-refractivity contribution >= 4 is 26.6 Å². The van der Waals surface area contributed by atoms with E-state index >= 15 is 0 Å². The number of hydrogen-bond donors (Lipinski definition) is 3. The molecular formula is C22H24F3N3O4S. The summed E-state index contributed by atoms with van der Waals surface area (Å²) in [5, 5.41) is 11.0. The first kappa shape index (κ1) is 24.7. The molecule has 11 heteroatoms. The molecule has 1 atom stereocenters. The number of aliphatic hydroxyl groups is 1. The lowest BCUT2D eigenvalue weighted by Gasteiger charge is -2.38. The van der Waals surface area contributed by atoms with Crippen LogP contribution >= 0.6 is 0 Å². The van der Waals surface area contributed by atoms with Crippen LogP contribution in [0.5, 0.6) is 0 Å². The van der Waals surface area contributed by atoms with Gasteiger partial charge in [0.1, 0.15) is 0 Å². The summed E-state index contributed by atoms with van der Waals surface area (Å²) in [7, 11) is -3.60. The second kappa shape index (κ2) is 8.14. The Kier molecular flexibility index (Phi) is 6.10. The number of hydrogen-bond acceptors (Lipinski definition) is 5. The number of rotatable bonds is 7. The van der Waals surface area contributed by atoms with Crippen molar-refractivity contribution in [3.8, 4) is 0 Å². The lowest BCUT2D eigenvalue weighted by molar-refractivity contribution is -0.266. The number of sulfone groups is 1. The van der Waals surface area contributed by atoms with Gasteiger partial charge >= 0.3 is 6.18 Å². The van der Waals surface area contributed by atoms with Crippen molar-refractivity contribution in [2.75, 3.05) is 6.26 Å². The number of carbonyl (C=O) groups is 1. The average molecular weight is 484 g/mol. The van der Waals surface area contributed by atoms with Crippen molar-refractivity contribution < 1.29 is 31.5 Å². The number of carbonyl (C=O) groups excluding carboxylic acids is 1. The van der Waals surface area contributed by atoms with Crippen LogP contribution in [0.4, 0.5) is 13.2 Å². The maximum absolute atomic E-state index is 14.1. The van der Waals surface area contributed by atoms with E-state index in [-0.39, 0.29) is 16.3 Å². The molecule has 0 aliphatic heterocycles. The Morgan fingerprint density at radius 2 is 1.82 bits per heavy atom. The van der Waals surface area contributed by atoms with Gasteiger partial charge in [-0.3, -0.25) is 4.79 Å². The molecule has 7 nitrogen and oxygen atoms in total. The molecule has 2 aromatic heterocycles. The summed E-state index contributed by atoms with van der Waals surface area (Å²) >= 11 is 0. The van der Waals surface area contributed by atoms with E-state index in [1.54, 1.807) is 12.1 Å². The summed E-state index contributed by atoms with van der Waals surface area (Å²) in [6, 6.07) is 8.69. The molecule has 0 spiro atoms. The molecule has 0 saturated carbocycles. The minimum absolute atomic E-state index is 0.0521. The average Bonchev–Trinajstić information content (AvgIpc) is 3.07. The highest BCUT2D eigenvalue weighted by Gasteiger charge is 2.56. The van der Waals surface area contributed by atoms with E-state index in [0.29, 0.717) is 16.5 Å². The van der Waals surface area contributed by atoms with Gasteiger partial charge in [0.05, 0.1) is 11.7 Å². The molecule has 0 aliphatic carbocycles. The molecule has 0 fully saturated rings. The van der Waals surface area contributed by atoms with Crippen molar-refractivity contribution in [3.63, 3.8) is 0 Å². The number of nitrogens with one attached hydrogen (secondary N) is 1. The number of amides is 1. The molecule has 4 N–H and O–H groups in total. The van der Waals surface area contributed by atoms with Crippen LogP contribution in [-0.2, 0) is 21.7 Å². The highest BCUT2D eigenvalue weighted by atomic mass is 32.2. The smallest absolute Gasteiger partial charge is 0.380 e. The first-order valence-electron chi connectivity index (χ1n) is 9.90. The van der Waals surface area contributed by atoms with E-state index in [1.165, 1.54) is 44.3 Å². The fraction of sp³-hybridized carbons (Fsp3) is 0.364. The third-order valence-electron chi connectivity index (χ3n) is 5.58. The molecule has 0 aliphatic rings. The number of nitrogens with two attached hydrogens (primary N) is 1. The molecule has 1 aromatic carbocycles. The van der Waals surface area contributed by atoms with Crippen molar-refractivity contribution in [2.24, 2.45) is 5.73 Å². The number of alkyl halides is 3. The number of H-pyrrole nitrogens is 1. The monoisotopic (exact) mass is 483 g/mol. The number of aromatic nitrogens is 2. The van der Waals surface area contributed by atoms with Crippen LogP contribution in [0.1, 0.15) is 41.9 Å². The van der Waals surface area contributed by atoms with Gasteiger partial charge in [0.2, 0.25) is 5.91 Å². The zero-order valence-corrected chi connectivity index (χ0v) is 19.0. The Labute approximate surface area is 188 Å². The van der Waals surface area contributed by atoms with E-state index in [0.717, 1.165) is 6.26 Å². The highest BCUT2D eigenvalue weighted by Crippen LogP contribution is 2.43. The maximum Gasteiger partial charge on any atom is 0.417 e. The molecule has 0 radical (unpaired) electrons. The quantitative estimate of drug-likeness (QED) is 0.476. The predicted molar refractivity (Wildman–Crippen MR) is 117 cm³/mol. The first-order chi connectivity index (χ1) is 15.0. The van der Waals surface area contributed by atoms with Crippen molar-refractivity contribution in [1.82, 2.24) is 9.97 Å². The second-order valence-corrected chi connectivity index (χ2v) is 10.8. The zero-order valence-electron chi connectivity index (χ0n) is 18.2. The SMILES string of the molecule is CC(C)(C[C@@](O)(Cc1cc2cc(S(C)(=O)=O)ncc2[nH]1)C(F)(F)F)c1ccccc1C(N)=O. The second-order valence-electron chi connectivity index (χ2n) is 8.85. The molecule has 178 valence electrons. The minimum atomic E-state index is -5.00. The van der Waals surface area contributed by atoms with Gasteiger partial charge in [0.15, 0.2) is 20.5 Å². The van der Waals surface area contributed by atoms with Gasteiger partial charge in [0.25, 0.3) is 0 Å². The fourth-order valence-corrected chi connectivity index (χ4v) is 4.65. The summed E-state index contributed by atoms with van der Waals surface area (Å²) < 4.78 is 65.8. The van der Waals surface area contributed by atoms with Gasteiger partial charge in [-0.15, -0.1) is 0 Å². The number of pyridine rings is 1.